The number of carboxylic acid groups (broad SMARTS) is 1. The van der Waals surface area contributed by atoms with Gasteiger partial charge in [0.25, 0.3) is 5.69 Å². The Morgan fingerprint density at radius 2 is 2.09 bits per heavy atom. The summed E-state index contributed by atoms with van der Waals surface area (Å²) in [7, 11) is 0. The Labute approximate surface area is 132 Å². The van der Waals surface area contributed by atoms with Crippen LogP contribution >= 0.6 is 0 Å². The molecule has 0 radical (unpaired) electrons. The number of carbonyl (C=O) groups excluding carboxylic acids is 1. The fraction of sp³-hybridized carbons (Fsp3) is 0.429. The average Bonchev–Trinajstić information content (AvgIpc) is 2.53. The lowest BCUT2D eigenvalue weighted by Crippen LogP contribution is -2.50. The van der Waals surface area contributed by atoms with E-state index in [4.69, 9.17) is 9.84 Å². The van der Waals surface area contributed by atoms with E-state index >= 15 is 0 Å². The summed E-state index contributed by atoms with van der Waals surface area (Å²) in [5, 5.41) is 22.3. The van der Waals surface area contributed by atoms with Crippen molar-refractivity contribution in [3.05, 3.63) is 34.4 Å². The number of nitrogens with zero attached hydrogens (tertiary/aromatic N) is 2. The minimum absolute atomic E-state index is 0.149. The average molecular weight is 323 g/mol. The number of anilines is 1. The van der Waals surface area contributed by atoms with Crippen molar-refractivity contribution in [3.63, 3.8) is 0 Å². The molecule has 2 N–H and O–H groups in total. The molecule has 124 valence electrons. The molecule has 0 aliphatic carbocycles. The summed E-state index contributed by atoms with van der Waals surface area (Å²) in [5.41, 5.74) is 0.108. The Bertz CT molecular complexity index is 600. The van der Waals surface area contributed by atoms with Crippen molar-refractivity contribution in [2.75, 3.05) is 31.6 Å². The Hall–Kier alpha value is -2.52. The van der Waals surface area contributed by atoms with E-state index in [-0.39, 0.29) is 17.8 Å². The molecule has 1 unspecified atom stereocenters. The number of nitrogens with one attached hydrogen (secondary N) is 1. The normalized spacial score (nSPS) is 16.5. The topological polar surface area (TPSA) is 122 Å². The van der Waals surface area contributed by atoms with Crippen LogP contribution in [0, 0.1) is 10.1 Å². The van der Waals surface area contributed by atoms with Gasteiger partial charge in [-0.1, -0.05) is 6.07 Å². The molecule has 1 aliphatic heterocycles. The molecule has 0 spiro atoms. The number of nitro benzene ring substituents is 1. The number of benzene rings is 1. The van der Waals surface area contributed by atoms with Crippen LogP contribution in [-0.2, 0) is 14.3 Å². The summed E-state index contributed by atoms with van der Waals surface area (Å²) in [6, 6.07) is 4.66. The quantitative estimate of drug-likeness (QED) is 0.584. The molecule has 1 atom stereocenters. The minimum atomic E-state index is -1.09. The molecule has 1 aromatic carbocycles. The van der Waals surface area contributed by atoms with Crippen molar-refractivity contribution in [3.8, 4) is 0 Å². The van der Waals surface area contributed by atoms with Crippen LogP contribution in [0.1, 0.15) is 6.42 Å². The number of carbonyl (C=O) groups is 2. The first kappa shape index (κ1) is 16.8. The van der Waals surface area contributed by atoms with Gasteiger partial charge in [-0.2, -0.15) is 0 Å². The lowest BCUT2D eigenvalue weighted by Gasteiger charge is -2.32. The molecule has 23 heavy (non-hydrogen) atoms. The van der Waals surface area contributed by atoms with Crippen molar-refractivity contribution >= 4 is 23.3 Å². The van der Waals surface area contributed by atoms with Crippen LogP contribution in [0.5, 0.6) is 0 Å². The van der Waals surface area contributed by atoms with E-state index in [0.29, 0.717) is 26.3 Å². The highest BCUT2D eigenvalue weighted by molar-refractivity contribution is 5.97. The van der Waals surface area contributed by atoms with Gasteiger partial charge in [-0.05, 0) is 6.07 Å². The largest absolute Gasteiger partial charge is 0.481 e. The molecule has 0 saturated carbocycles. The maximum Gasteiger partial charge on any atom is 0.305 e. The van der Waals surface area contributed by atoms with Gasteiger partial charge in [0.05, 0.1) is 24.6 Å². The van der Waals surface area contributed by atoms with Crippen LogP contribution in [0.25, 0.3) is 0 Å². The van der Waals surface area contributed by atoms with Crippen LogP contribution in [0.3, 0.4) is 0 Å². The van der Waals surface area contributed by atoms with Crippen LogP contribution in [-0.4, -0.2) is 59.2 Å². The second-order valence-electron chi connectivity index (χ2n) is 5.06. The SMILES string of the molecule is O=C(O)CC(C(=O)Nc1cccc([N+](=O)[O-])c1)N1CCOCC1. The standard InChI is InChI=1S/C14H17N3O6/c18-13(19)9-12(16-4-6-23-7-5-16)14(20)15-10-2-1-3-11(8-10)17(21)22/h1-3,8,12H,4-7,9H2,(H,15,20)(H,18,19). The first-order chi connectivity index (χ1) is 11.0. The molecule has 1 aliphatic rings. The molecular formula is C14H17N3O6. The van der Waals surface area contributed by atoms with E-state index in [2.05, 4.69) is 5.32 Å². The Morgan fingerprint density at radius 3 is 2.70 bits per heavy atom. The predicted molar refractivity (Wildman–Crippen MR) is 80.2 cm³/mol. The Kier molecular flexibility index (Phi) is 5.61. The highest BCUT2D eigenvalue weighted by atomic mass is 16.6. The number of amides is 1. The summed E-state index contributed by atoms with van der Waals surface area (Å²) >= 11 is 0. The predicted octanol–water partition coefficient (Wildman–Crippen LogP) is 0.709. The molecule has 1 heterocycles. The van der Waals surface area contributed by atoms with Crippen molar-refractivity contribution in [1.82, 2.24) is 4.90 Å². The van der Waals surface area contributed by atoms with Gasteiger partial charge in [-0.25, -0.2) is 0 Å². The zero-order chi connectivity index (χ0) is 16.8. The smallest absolute Gasteiger partial charge is 0.305 e. The molecule has 1 aromatic rings. The Balaban J connectivity index is 2.11. The van der Waals surface area contributed by atoms with Gasteiger partial charge < -0.3 is 15.2 Å². The maximum atomic E-state index is 12.4. The number of morpholine rings is 1. The van der Waals surface area contributed by atoms with Crippen LogP contribution in [0.15, 0.2) is 24.3 Å². The Morgan fingerprint density at radius 1 is 1.39 bits per heavy atom. The number of non-ortho nitro benzene ring substituents is 1. The molecule has 9 heteroatoms. The minimum Gasteiger partial charge on any atom is -0.481 e. The van der Waals surface area contributed by atoms with E-state index < -0.39 is 22.8 Å². The number of nitro groups is 1. The fourth-order valence-corrected chi connectivity index (χ4v) is 2.36. The third-order valence-corrected chi connectivity index (χ3v) is 3.48. The van der Waals surface area contributed by atoms with Gasteiger partial charge in [-0.3, -0.25) is 24.6 Å². The molecule has 2 rings (SSSR count). The molecule has 0 aromatic heterocycles. The van der Waals surface area contributed by atoms with Gasteiger partial charge >= 0.3 is 5.97 Å². The van der Waals surface area contributed by atoms with E-state index in [1.54, 1.807) is 4.90 Å². The van der Waals surface area contributed by atoms with Crippen LogP contribution in [0.2, 0.25) is 0 Å². The number of hydrogen-bond acceptors (Lipinski definition) is 6. The summed E-state index contributed by atoms with van der Waals surface area (Å²) in [5.74, 6) is -1.59. The van der Waals surface area contributed by atoms with Crippen molar-refractivity contribution in [1.29, 1.82) is 0 Å². The zero-order valence-electron chi connectivity index (χ0n) is 12.3. The van der Waals surface area contributed by atoms with Gasteiger partial charge in [-0.15, -0.1) is 0 Å². The zero-order valence-corrected chi connectivity index (χ0v) is 12.3. The number of carboxylic acids is 1. The first-order valence-corrected chi connectivity index (χ1v) is 7.06. The van der Waals surface area contributed by atoms with E-state index in [1.807, 2.05) is 0 Å². The van der Waals surface area contributed by atoms with E-state index in [0.717, 1.165) is 0 Å². The molecule has 1 amide bonds. The highest BCUT2D eigenvalue weighted by Crippen LogP contribution is 2.18. The number of hydrogen-bond donors (Lipinski definition) is 2. The molecule has 1 saturated heterocycles. The van der Waals surface area contributed by atoms with Gasteiger partial charge in [0.15, 0.2) is 0 Å². The number of rotatable bonds is 6. The molecule has 1 fully saturated rings. The summed E-state index contributed by atoms with van der Waals surface area (Å²) in [4.78, 5) is 35.4. The number of ether oxygens (including phenoxy) is 1. The molecule has 0 bridgehead atoms. The van der Waals surface area contributed by atoms with Gasteiger partial charge in [0, 0.05) is 30.9 Å². The first-order valence-electron chi connectivity index (χ1n) is 7.06. The number of aliphatic carboxylic acids is 1. The summed E-state index contributed by atoms with van der Waals surface area (Å²) < 4.78 is 5.20. The van der Waals surface area contributed by atoms with Gasteiger partial charge in [0.1, 0.15) is 6.04 Å². The fourth-order valence-electron chi connectivity index (χ4n) is 2.36. The van der Waals surface area contributed by atoms with Crippen molar-refractivity contribution in [2.24, 2.45) is 0 Å². The molecule has 9 nitrogen and oxygen atoms in total. The highest BCUT2D eigenvalue weighted by Gasteiger charge is 2.29. The monoisotopic (exact) mass is 323 g/mol. The lowest BCUT2D eigenvalue weighted by atomic mass is 10.1. The van der Waals surface area contributed by atoms with Crippen molar-refractivity contribution in [2.45, 2.75) is 12.5 Å². The molecular weight excluding hydrogens is 306 g/mol. The van der Waals surface area contributed by atoms with Gasteiger partial charge in [0.2, 0.25) is 5.91 Å². The maximum absolute atomic E-state index is 12.4. The van der Waals surface area contributed by atoms with E-state index in [1.165, 1.54) is 24.3 Å². The lowest BCUT2D eigenvalue weighted by molar-refractivity contribution is -0.384. The summed E-state index contributed by atoms with van der Waals surface area (Å²) in [6.07, 6.45) is -0.346. The third-order valence-electron chi connectivity index (χ3n) is 3.48. The summed E-state index contributed by atoms with van der Waals surface area (Å²) in [6.45, 7) is 1.78. The second-order valence-corrected chi connectivity index (χ2v) is 5.06. The second kappa shape index (κ2) is 7.65. The van der Waals surface area contributed by atoms with Crippen LogP contribution < -0.4 is 5.32 Å². The van der Waals surface area contributed by atoms with E-state index in [9.17, 15) is 19.7 Å². The van der Waals surface area contributed by atoms with Crippen LogP contribution in [0.4, 0.5) is 11.4 Å². The van der Waals surface area contributed by atoms with Crippen molar-refractivity contribution < 1.29 is 24.4 Å². The third kappa shape index (κ3) is 4.73.